The van der Waals surface area contributed by atoms with Gasteiger partial charge in [0, 0.05) is 12.4 Å². The summed E-state index contributed by atoms with van der Waals surface area (Å²) in [6, 6.07) is 4.93. The Balaban J connectivity index is 2.36. The van der Waals surface area contributed by atoms with Gasteiger partial charge in [-0.2, -0.15) is 5.26 Å². The van der Waals surface area contributed by atoms with E-state index in [4.69, 9.17) is 10.4 Å². The first-order valence-corrected chi connectivity index (χ1v) is 5.58. The Bertz CT molecular complexity index is 770. The summed E-state index contributed by atoms with van der Waals surface area (Å²) in [5.41, 5.74) is -0.969. The first kappa shape index (κ1) is 14.1. The summed E-state index contributed by atoms with van der Waals surface area (Å²) in [5.74, 6) is -2.90. The molecule has 0 saturated heterocycles. The number of nitriles is 1. The summed E-state index contributed by atoms with van der Waals surface area (Å²) in [6.07, 6.45) is 2.30. The fraction of sp³-hybridized carbons (Fsp3) is 0. The highest BCUT2D eigenvalue weighted by Crippen LogP contribution is 2.17. The highest BCUT2D eigenvalue weighted by Gasteiger charge is 2.20. The molecule has 1 heterocycles. The number of anilines is 1. The van der Waals surface area contributed by atoms with Crippen molar-refractivity contribution >= 4 is 17.6 Å². The van der Waals surface area contributed by atoms with E-state index in [0.717, 1.165) is 24.5 Å². The van der Waals surface area contributed by atoms with Crippen molar-refractivity contribution in [2.75, 3.05) is 5.32 Å². The monoisotopic (exact) mass is 286 g/mol. The molecule has 2 N–H and O–H groups in total. The number of carboxylic acid groups (broad SMARTS) is 1. The van der Waals surface area contributed by atoms with Gasteiger partial charge in [0.15, 0.2) is 11.4 Å². The Kier molecular flexibility index (Phi) is 3.85. The van der Waals surface area contributed by atoms with E-state index in [0.29, 0.717) is 0 Å². The van der Waals surface area contributed by atoms with E-state index in [9.17, 15) is 14.0 Å². The number of benzene rings is 1. The van der Waals surface area contributed by atoms with Gasteiger partial charge in [0.1, 0.15) is 11.9 Å². The molecule has 21 heavy (non-hydrogen) atoms. The van der Waals surface area contributed by atoms with Crippen LogP contribution >= 0.6 is 0 Å². The average molecular weight is 286 g/mol. The molecule has 0 aliphatic carbocycles. The summed E-state index contributed by atoms with van der Waals surface area (Å²) in [4.78, 5) is 30.2. The van der Waals surface area contributed by atoms with Crippen molar-refractivity contribution in [2.24, 2.45) is 0 Å². The van der Waals surface area contributed by atoms with Crippen molar-refractivity contribution in [1.82, 2.24) is 9.97 Å². The molecule has 0 aliphatic rings. The normalized spacial score (nSPS) is 9.71. The molecule has 0 atom stereocenters. The van der Waals surface area contributed by atoms with Crippen molar-refractivity contribution in [3.05, 3.63) is 53.4 Å². The number of nitrogens with one attached hydrogen (secondary N) is 1. The van der Waals surface area contributed by atoms with E-state index in [1.54, 1.807) is 6.07 Å². The van der Waals surface area contributed by atoms with Gasteiger partial charge >= 0.3 is 5.97 Å². The lowest BCUT2D eigenvalue weighted by Gasteiger charge is -2.07. The van der Waals surface area contributed by atoms with Gasteiger partial charge in [-0.1, -0.05) is 0 Å². The predicted octanol–water partition coefficient (Wildman–Crippen LogP) is 1.44. The molecule has 8 heteroatoms. The van der Waals surface area contributed by atoms with E-state index < -0.39 is 29.1 Å². The third-order valence-corrected chi connectivity index (χ3v) is 2.47. The van der Waals surface area contributed by atoms with Crippen molar-refractivity contribution in [1.29, 1.82) is 5.26 Å². The molecule has 104 valence electrons. The number of carbonyl (C=O) groups excluding carboxylic acids is 1. The number of hydrogen-bond acceptors (Lipinski definition) is 5. The first-order valence-electron chi connectivity index (χ1n) is 5.58. The molecule has 7 nitrogen and oxygen atoms in total. The molecule has 2 aromatic rings. The van der Waals surface area contributed by atoms with Crippen LogP contribution in [0.5, 0.6) is 0 Å². The molecule has 0 spiro atoms. The minimum absolute atomic E-state index is 0.0471. The largest absolute Gasteiger partial charge is 0.476 e. The summed E-state index contributed by atoms with van der Waals surface area (Å²) < 4.78 is 13.0. The van der Waals surface area contributed by atoms with Gasteiger partial charge in [-0.05, 0) is 18.2 Å². The molecule has 1 aromatic carbocycles. The third-order valence-electron chi connectivity index (χ3n) is 2.47. The number of nitrogens with zero attached hydrogens (tertiary/aromatic N) is 3. The molecule has 0 unspecified atom stereocenters. The van der Waals surface area contributed by atoms with Gasteiger partial charge in [0.25, 0.3) is 5.91 Å². The minimum atomic E-state index is -1.41. The lowest BCUT2D eigenvalue weighted by atomic mass is 10.2. The topological polar surface area (TPSA) is 116 Å². The fourth-order valence-corrected chi connectivity index (χ4v) is 1.56. The van der Waals surface area contributed by atoms with Crippen molar-refractivity contribution in [3.63, 3.8) is 0 Å². The summed E-state index contributed by atoms with van der Waals surface area (Å²) >= 11 is 0. The van der Waals surface area contributed by atoms with Crippen LogP contribution in [0.3, 0.4) is 0 Å². The molecule has 0 saturated carbocycles. The SMILES string of the molecule is N#Cc1cc(F)ccc1NC(=O)c1nccnc1C(=O)O. The lowest BCUT2D eigenvalue weighted by molar-refractivity contribution is 0.0685. The second-order valence-corrected chi connectivity index (χ2v) is 3.81. The van der Waals surface area contributed by atoms with E-state index in [-0.39, 0.29) is 11.3 Å². The van der Waals surface area contributed by atoms with Gasteiger partial charge < -0.3 is 10.4 Å². The zero-order valence-corrected chi connectivity index (χ0v) is 10.4. The Hall–Kier alpha value is -3.34. The molecular formula is C13H7FN4O3. The van der Waals surface area contributed by atoms with E-state index in [2.05, 4.69) is 15.3 Å². The minimum Gasteiger partial charge on any atom is -0.476 e. The summed E-state index contributed by atoms with van der Waals surface area (Å²) in [5, 5.41) is 20.1. The van der Waals surface area contributed by atoms with Crippen LogP contribution in [-0.4, -0.2) is 27.0 Å². The average Bonchev–Trinajstić information content (AvgIpc) is 2.48. The molecule has 0 fully saturated rings. The van der Waals surface area contributed by atoms with Crippen LogP contribution in [0.2, 0.25) is 0 Å². The number of rotatable bonds is 3. The van der Waals surface area contributed by atoms with Crippen LogP contribution in [0.4, 0.5) is 10.1 Å². The van der Waals surface area contributed by atoms with Crippen molar-refractivity contribution in [2.45, 2.75) is 0 Å². The first-order chi connectivity index (χ1) is 10.0. The van der Waals surface area contributed by atoms with Crippen LogP contribution in [0.25, 0.3) is 0 Å². The van der Waals surface area contributed by atoms with Gasteiger partial charge in [0.2, 0.25) is 0 Å². The lowest BCUT2D eigenvalue weighted by Crippen LogP contribution is -2.20. The Morgan fingerprint density at radius 3 is 2.52 bits per heavy atom. The maximum atomic E-state index is 13.0. The number of carboxylic acids is 1. The quantitative estimate of drug-likeness (QED) is 0.881. The van der Waals surface area contributed by atoms with E-state index in [1.165, 1.54) is 6.07 Å². The predicted molar refractivity (Wildman–Crippen MR) is 68.1 cm³/mol. The summed E-state index contributed by atoms with van der Waals surface area (Å²) in [7, 11) is 0. The fourth-order valence-electron chi connectivity index (χ4n) is 1.56. The number of aromatic carboxylic acids is 1. The highest BCUT2D eigenvalue weighted by atomic mass is 19.1. The number of amides is 1. The van der Waals surface area contributed by atoms with Crippen molar-refractivity contribution in [3.8, 4) is 6.07 Å². The van der Waals surface area contributed by atoms with Crippen LogP contribution < -0.4 is 5.32 Å². The molecule has 2 rings (SSSR count). The van der Waals surface area contributed by atoms with Gasteiger partial charge in [-0.25, -0.2) is 19.2 Å². The molecule has 0 radical (unpaired) electrons. The van der Waals surface area contributed by atoms with Crippen LogP contribution in [0, 0.1) is 17.1 Å². The maximum Gasteiger partial charge on any atom is 0.356 e. The van der Waals surface area contributed by atoms with Gasteiger partial charge in [0.05, 0.1) is 11.3 Å². The smallest absolute Gasteiger partial charge is 0.356 e. The van der Waals surface area contributed by atoms with Crippen LogP contribution in [-0.2, 0) is 0 Å². The second kappa shape index (κ2) is 5.75. The van der Waals surface area contributed by atoms with E-state index in [1.807, 2.05) is 0 Å². The Morgan fingerprint density at radius 2 is 1.90 bits per heavy atom. The Labute approximate surface area is 117 Å². The molecular weight excluding hydrogens is 279 g/mol. The molecule has 0 aliphatic heterocycles. The highest BCUT2D eigenvalue weighted by molar-refractivity contribution is 6.08. The standard InChI is InChI=1S/C13H7FN4O3/c14-8-1-2-9(7(5-8)6-15)18-12(19)10-11(13(20)21)17-4-3-16-10/h1-5H,(H,18,19)(H,20,21). The molecule has 1 amide bonds. The Morgan fingerprint density at radius 1 is 1.24 bits per heavy atom. The number of hydrogen-bond donors (Lipinski definition) is 2. The van der Waals surface area contributed by atoms with Crippen molar-refractivity contribution < 1.29 is 19.1 Å². The summed E-state index contributed by atoms with van der Waals surface area (Å²) in [6.45, 7) is 0. The van der Waals surface area contributed by atoms with E-state index >= 15 is 0 Å². The molecule has 1 aromatic heterocycles. The van der Waals surface area contributed by atoms with Gasteiger partial charge in [-0.3, -0.25) is 4.79 Å². The zero-order chi connectivity index (χ0) is 15.4. The number of carbonyl (C=O) groups is 2. The maximum absolute atomic E-state index is 13.0. The number of aromatic nitrogens is 2. The third kappa shape index (κ3) is 2.98. The van der Waals surface area contributed by atoms with Crippen LogP contribution in [0.15, 0.2) is 30.6 Å². The van der Waals surface area contributed by atoms with Crippen LogP contribution in [0.1, 0.15) is 26.5 Å². The number of halogens is 1. The zero-order valence-electron chi connectivity index (χ0n) is 10.4. The molecule has 0 bridgehead atoms. The second-order valence-electron chi connectivity index (χ2n) is 3.81. The van der Waals surface area contributed by atoms with Gasteiger partial charge in [-0.15, -0.1) is 0 Å².